The van der Waals surface area contributed by atoms with Gasteiger partial charge in [0.1, 0.15) is 0 Å². The summed E-state index contributed by atoms with van der Waals surface area (Å²) in [7, 11) is 2.16. The Morgan fingerprint density at radius 2 is 2.05 bits per heavy atom. The molecule has 3 heteroatoms. The molecule has 1 atom stereocenters. The SMILES string of the molecule is CC(C)CC(CN)CCN(C)Cc1cccc(Cl)c1. The molecule has 108 valence electrons. The number of hydrogen-bond donors (Lipinski definition) is 1. The molecule has 0 radical (unpaired) electrons. The summed E-state index contributed by atoms with van der Waals surface area (Å²) >= 11 is 6.00. The van der Waals surface area contributed by atoms with Crippen molar-refractivity contribution >= 4 is 11.6 Å². The highest BCUT2D eigenvalue weighted by Crippen LogP contribution is 2.16. The predicted octanol–water partition coefficient (Wildman–Crippen LogP) is 3.78. The van der Waals surface area contributed by atoms with Crippen LogP contribution in [-0.2, 0) is 6.54 Å². The van der Waals surface area contributed by atoms with E-state index < -0.39 is 0 Å². The van der Waals surface area contributed by atoms with Crippen molar-refractivity contribution in [3.63, 3.8) is 0 Å². The lowest BCUT2D eigenvalue weighted by atomic mass is 9.94. The van der Waals surface area contributed by atoms with Crippen molar-refractivity contribution in [1.29, 1.82) is 0 Å². The van der Waals surface area contributed by atoms with Crippen LogP contribution < -0.4 is 5.73 Å². The van der Waals surface area contributed by atoms with Gasteiger partial charge in [0.05, 0.1) is 0 Å². The van der Waals surface area contributed by atoms with Gasteiger partial charge in [0.15, 0.2) is 0 Å². The van der Waals surface area contributed by atoms with Crippen molar-refractivity contribution in [2.45, 2.75) is 33.2 Å². The van der Waals surface area contributed by atoms with Crippen LogP contribution in [0.4, 0.5) is 0 Å². The summed E-state index contributed by atoms with van der Waals surface area (Å²) in [5.41, 5.74) is 7.11. The lowest BCUT2D eigenvalue weighted by Crippen LogP contribution is -2.25. The maximum atomic E-state index is 6.00. The standard InChI is InChI=1S/C16H27ClN2/c1-13(2)9-14(11-18)7-8-19(3)12-15-5-4-6-16(17)10-15/h4-6,10,13-14H,7-9,11-12,18H2,1-3H3. The molecule has 1 rings (SSSR count). The summed E-state index contributed by atoms with van der Waals surface area (Å²) < 4.78 is 0. The van der Waals surface area contributed by atoms with Crippen LogP contribution in [0.15, 0.2) is 24.3 Å². The normalized spacial score (nSPS) is 13.2. The quantitative estimate of drug-likeness (QED) is 0.786. The maximum absolute atomic E-state index is 6.00. The number of benzene rings is 1. The zero-order chi connectivity index (χ0) is 14.3. The van der Waals surface area contributed by atoms with Gasteiger partial charge in [0.2, 0.25) is 0 Å². The predicted molar refractivity (Wildman–Crippen MR) is 84.4 cm³/mol. The van der Waals surface area contributed by atoms with Gasteiger partial charge in [0.25, 0.3) is 0 Å². The highest BCUT2D eigenvalue weighted by Gasteiger charge is 2.10. The van der Waals surface area contributed by atoms with Crippen LogP contribution in [0.1, 0.15) is 32.3 Å². The first-order chi connectivity index (χ1) is 9.01. The van der Waals surface area contributed by atoms with Gasteiger partial charge in [0, 0.05) is 11.6 Å². The Bertz CT molecular complexity index is 366. The molecule has 0 amide bonds. The lowest BCUT2D eigenvalue weighted by Gasteiger charge is -2.22. The number of halogens is 1. The van der Waals surface area contributed by atoms with Gasteiger partial charge < -0.3 is 10.6 Å². The van der Waals surface area contributed by atoms with E-state index in [9.17, 15) is 0 Å². The van der Waals surface area contributed by atoms with Crippen LogP contribution in [0, 0.1) is 11.8 Å². The van der Waals surface area contributed by atoms with Crippen LogP contribution in [0.25, 0.3) is 0 Å². The first-order valence-electron chi connectivity index (χ1n) is 7.14. The number of nitrogens with two attached hydrogens (primary N) is 1. The smallest absolute Gasteiger partial charge is 0.0409 e. The summed E-state index contributed by atoms with van der Waals surface area (Å²) in [5, 5.41) is 0.811. The second-order valence-corrected chi connectivity index (χ2v) is 6.32. The van der Waals surface area contributed by atoms with Gasteiger partial charge in [-0.2, -0.15) is 0 Å². The minimum Gasteiger partial charge on any atom is -0.330 e. The van der Waals surface area contributed by atoms with E-state index in [0.29, 0.717) is 5.92 Å². The van der Waals surface area contributed by atoms with Crippen molar-refractivity contribution in [1.82, 2.24) is 4.90 Å². The minimum absolute atomic E-state index is 0.641. The van der Waals surface area contributed by atoms with E-state index in [4.69, 9.17) is 17.3 Å². The van der Waals surface area contributed by atoms with Crippen LogP contribution in [-0.4, -0.2) is 25.0 Å². The van der Waals surface area contributed by atoms with E-state index in [1.807, 2.05) is 18.2 Å². The second kappa shape index (κ2) is 8.57. The van der Waals surface area contributed by atoms with E-state index in [0.717, 1.165) is 30.6 Å². The summed E-state index contributed by atoms with van der Waals surface area (Å²) in [6.07, 6.45) is 2.40. The van der Waals surface area contributed by atoms with Crippen molar-refractivity contribution < 1.29 is 0 Å². The summed E-state index contributed by atoms with van der Waals surface area (Å²) in [6, 6.07) is 8.08. The molecular formula is C16H27ClN2. The molecule has 0 aliphatic heterocycles. The zero-order valence-electron chi connectivity index (χ0n) is 12.4. The van der Waals surface area contributed by atoms with E-state index in [1.54, 1.807) is 0 Å². The van der Waals surface area contributed by atoms with Crippen LogP contribution >= 0.6 is 11.6 Å². The largest absolute Gasteiger partial charge is 0.330 e. The molecule has 1 aromatic carbocycles. The minimum atomic E-state index is 0.641. The molecule has 1 unspecified atom stereocenters. The van der Waals surface area contributed by atoms with Crippen LogP contribution in [0.3, 0.4) is 0 Å². The summed E-state index contributed by atoms with van der Waals surface area (Å²) in [6.45, 7) is 7.35. The topological polar surface area (TPSA) is 29.3 Å². The Morgan fingerprint density at radius 3 is 2.63 bits per heavy atom. The third-order valence-corrected chi connectivity index (χ3v) is 3.63. The lowest BCUT2D eigenvalue weighted by molar-refractivity contribution is 0.279. The Labute approximate surface area is 122 Å². The van der Waals surface area contributed by atoms with Crippen molar-refractivity contribution in [2.24, 2.45) is 17.6 Å². The van der Waals surface area contributed by atoms with Crippen LogP contribution in [0.5, 0.6) is 0 Å². The van der Waals surface area contributed by atoms with Gasteiger partial charge >= 0.3 is 0 Å². The van der Waals surface area contributed by atoms with Gasteiger partial charge in [-0.3, -0.25) is 0 Å². The van der Waals surface area contributed by atoms with E-state index >= 15 is 0 Å². The van der Waals surface area contributed by atoms with Gasteiger partial charge in [-0.1, -0.05) is 37.6 Å². The first kappa shape index (κ1) is 16.5. The molecule has 1 aromatic rings. The first-order valence-corrected chi connectivity index (χ1v) is 7.52. The third kappa shape index (κ3) is 6.95. The fourth-order valence-corrected chi connectivity index (χ4v) is 2.64. The molecule has 0 spiro atoms. The number of rotatable bonds is 8. The molecule has 0 aromatic heterocycles. The molecule has 0 aliphatic rings. The van der Waals surface area contributed by atoms with Gasteiger partial charge in [-0.15, -0.1) is 0 Å². The number of hydrogen-bond acceptors (Lipinski definition) is 2. The molecule has 0 saturated carbocycles. The zero-order valence-corrected chi connectivity index (χ0v) is 13.2. The molecule has 2 N–H and O–H groups in total. The molecule has 0 aliphatic carbocycles. The Kier molecular flexibility index (Phi) is 7.44. The van der Waals surface area contributed by atoms with Gasteiger partial charge in [-0.25, -0.2) is 0 Å². The average Bonchev–Trinajstić information content (AvgIpc) is 2.34. The summed E-state index contributed by atoms with van der Waals surface area (Å²) in [4.78, 5) is 2.34. The van der Waals surface area contributed by atoms with Gasteiger partial charge in [-0.05, 0) is 62.5 Å². The van der Waals surface area contributed by atoms with E-state index in [-0.39, 0.29) is 0 Å². The van der Waals surface area contributed by atoms with Crippen molar-refractivity contribution in [3.8, 4) is 0 Å². The molecule has 0 saturated heterocycles. The van der Waals surface area contributed by atoms with Crippen molar-refractivity contribution in [3.05, 3.63) is 34.9 Å². The average molecular weight is 283 g/mol. The van der Waals surface area contributed by atoms with Crippen LogP contribution in [0.2, 0.25) is 5.02 Å². The highest BCUT2D eigenvalue weighted by atomic mass is 35.5. The second-order valence-electron chi connectivity index (χ2n) is 5.89. The summed E-state index contributed by atoms with van der Waals surface area (Å²) in [5.74, 6) is 1.37. The fraction of sp³-hybridized carbons (Fsp3) is 0.625. The molecule has 2 nitrogen and oxygen atoms in total. The Balaban J connectivity index is 2.36. The fourth-order valence-electron chi connectivity index (χ4n) is 2.43. The Hall–Kier alpha value is -0.570. The highest BCUT2D eigenvalue weighted by molar-refractivity contribution is 6.30. The third-order valence-electron chi connectivity index (χ3n) is 3.40. The molecule has 0 fully saturated rings. The van der Waals surface area contributed by atoms with Crippen molar-refractivity contribution in [2.75, 3.05) is 20.1 Å². The molecule has 19 heavy (non-hydrogen) atoms. The molecule has 0 bridgehead atoms. The number of nitrogens with zero attached hydrogens (tertiary/aromatic N) is 1. The molecule has 0 heterocycles. The maximum Gasteiger partial charge on any atom is 0.0409 e. The van der Waals surface area contributed by atoms with E-state index in [2.05, 4.69) is 31.9 Å². The monoisotopic (exact) mass is 282 g/mol. The Morgan fingerprint density at radius 1 is 1.32 bits per heavy atom. The molecular weight excluding hydrogens is 256 g/mol. The van der Waals surface area contributed by atoms with E-state index in [1.165, 1.54) is 18.4 Å².